The molecule has 2 aromatic rings. The maximum absolute atomic E-state index is 12.1. The number of benzene rings is 1. The molecule has 0 aliphatic heterocycles. The molecular weight excluding hydrogens is 240 g/mol. The Morgan fingerprint density at radius 2 is 1.95 bits per heavy atom. The van der Waals surface area contributed by atoms with Gasteiger partial charge >= 0.3 is 0 Å². The van der Waals surface area contributed by atoms with Crippen LogP contribution in [0.3, 0.4) is 0 Å². The lowest BCUT2D eigenvalue weighted by Gasteiger charge is -2.05. The van der Waals surface area contributed by atoms with Gasteiger partial charge in [0.25, 0.3) is 5.91 Å². The van der Waals surface area contributed by atoms with Gasteiger partial charge in [-0.2, -0.15) is 5.10 Å². The van der Waals surface area contributed by atoms with Gasteiger partial charge in [-0.25, -0.2) is 0 Å². The molecule has 1 aromatic carbocycles. The fourth-order valence-electron chi connectivity index (χ4n) is 1.80. The first kappa shape index (κ1) is 13.1. The van der Waals surface area contributed by atoms with Gasteiger partial charge in [0.1, 0.15) is 0 Å². The Bertz CT molecular complexity index is 584. The molecule has 1 heterocycles. The molecule has 0 saturated carbocycles. The molecular formula is C14H18N4O. The number of nitrogens with zero attached hydrogens (tertiary/aromatic N) is 1. The minimum Gasteiger partial charge on any atom is -0.395 e. The van der Waals surface area contributed by atoms with Gasteiger partial charge in [0, 0.05) is 5.69 Å². The molecule has 2 rings (SSSR count). The van der Waals surface area contributed by atoms with Crippen LogP contribution < -0.4 is 11.1 Å². The van der Waals surface area contributed by atoms with E-state index in [0.29, 0.717) is 5.69 Å². The van der Waals surface area contributed by atoms with E-state index in [-0.39, 0.29) is 17.5 Å². The second-order valence-electron chi connectivity index (χ2n) is 4.87. The summed E-state index contributed by atoms with van der Waals surface area (Å²) >= 11 is 0. The number of carbonyl (C=O) groups excluding carboxylic acids is 1. The Morgan fingerprint density at radius 3 is 2.47 bits per heavy atom. The minimum absolute atomic E-state index is 0.202. The third-order valence-corrected chi connectivity index (χ3v) is 2.94. The van der Waals surface area contributed by atoms with Crippen LogP contribution in [0.4, 0.5) is 11.4 Å². The first-order valence-electron chi connectivity index (χ1n) is 6.20. The van der Waals surface area contributed by atoms with E-state index < -0.39 is 0 Å². The minimum atomic E-state index is -0.301. The average molecular weight is 258 g/mol. The van der Waals surface area contributed by atoms with E-state index in [9.17, 15) is 4.79 Å². The lowest BCUT2D eigenvalue weighted by Crippen LogP contribution is -2.14. The molecule has 0 unspecified atom stereocenters. The van der Waals surface area contributed by atoms with Gasteiger partial charge in [-0.1, -0.05) is 31.5 Å². The van der Waals surface area contributed by atoms with E-state index in [0.717, 1.165) is 16.9 Å². The van der Waals surface area contributed by atoms with Crippen LogP contribution in [0.15, 0.2) is 24.3 Å². The van der Waals surface area contributed by atoms with Crippen LogP contribution in [0.5, 0.6) is 0 Å². The maximum Gasteiger partial charge on any atom is 0.278 e. The Hall–Kier alpha value is -2.30. The maximum atomic E-state index is 12.1. The van der Waals surface area contributed by atoms with E-state index in [1.54, 1.807) is 0 Å². The smallest absolute Gasteiger partial charge is 0.278 e. The fourth-order valence-corrected chi connectivity index (χ4v) is 1.80. The van der Waals surface area contributed by atoms with Gasteiger partial charge in [-0.05, 0) is 25.0 Å². The standard InChI is InChI=1S/C14H18N4O/c1-8(2)12-11(15)13(18-17-12)14(19)16-10-6-4-9(3)5-7-10/h4-8H,15H2,1-3H3,(H,16,19)(H,17,18). The largest absolute Gasteiger partial charge is 0.395 e. The summed E-state index contributed by atoms with van der Waals surface area (Å²) in [5, 5.41) is 9.58. The van der Waals surface area contributed by atoms with Crippen molar-refractivity contribution < 1.29 is 4.79 Å². The zero-order valence-corrected chi connectivity index (χ0v) is 11.3. The Morgan fingerprint density at radius 1 is 1.32 bits per heavy atom. The van der Waals surface area contributed by atoms with Crippen LogP contribution in [-0.4, -0.2) is 16.1 Å². The van der Waals surface area contributed by atoms with E-state index >= 15 is 0 Å². The van der Waals surface area contributed by atoms with E-state index in [1.807, 2.05) is 45.0 Å². The number of nitrogens with two attached hydrogens (primary N) is 1. The number of amides is 1. The molecule has 5 nitrogen and oxygen atoms in total. The van der Waals surface area contributed by atoms with E-state index in [1.165, 1.54) is 0 Å². The molecule has 1 aromatic heterocycles. The quantitative estimate of drug-likeness (QED) is 0.791. The van der Waals surface area contributed by atoms with Crippen molar-refractivity contribution in [3.8, 4) is 0 Å². The number of carbonyl (C=O) groups is 1. The van der Waals surface area contributed by atoms with Crippen molar-refractivity contribution in [3.63, 3.8) is 0 Å². The highest BCUT2D eigenvalue weighted by molar-refractivity contribution is 6.06. The molecule has 0 fully saturated rings. The van der Waals surface area contributed by atoms with Crippen LogP contribution >= 0.6 is 0 Å². The number of hydrogen-bond acceptors (Lipinski definition) is 3. The first-order chi connectivity index (χ1) is 8.99. The van der Waals surface area contributed by atoms with Gasteiger partial charge in [0.05, 0.1) is 11.4 Å². The topological polar surface area (TPSA) is 83.8 Å². The van der Waals surface area contributed by atoms with E-state index in [4.69, 9.17) is 5.73 Å². The molecule has 19 heavy (non-hydrogen) atoms. The molecule has 0 radical (unpaired) electrons. The molecule has 0 saturated heterocycles. The number of H-pyrrole nitrogens is 1. The molecule has 0 atom stereocenters. The summed E-state index contributed by atoms with van der Waals surface area (Å²) in [6.07, 6.45) is 0. The van der Waals surface area contributed by atoms with Crippen LogP contribution in [0.2, 0.25) is 0 Å². The molecule has 1 amide bonds. The highest BCUT2D eigenvalue weighted by Crippen LogP contribution is 2.22. The lowest BCUT2D eigenvalue weighted by molar-refractivity contribution is 0.102. The van der Waals surface area contributed by atoms with Gasteiger partial charge in [-0.3, -0.25) is 9.89 Å². The number of aromatic amines is 1. The number of aromatic nitrogens is 2. The van der Waals surface area contributed by atoms with Crippen molar-refractivity contribution >= 4 is 17.3 Å². The predicted octanol–water partition coefficient (Wildman–Crippen LogP) is 2.68. The lowest BCUT2D eigenvalue weighted by atomic mass is 10.1. The first-order valence-corrected chi connectivity index (χ1v) is 6.20. The predicted molar refractivity (Wildman–Crippen MR) is 76.2 cm³/mol. The zero-order chi connectivity index (χ0) is 14.0. The number of nitrogen functional groups attached to an aromatic ring is 1. The average Bonchev–Trinajstić information content (AvgIpc) is 2.74. The summed E-state index contributed by atoms with van der Waals surface area (Å²) in [6, 6.07) is 7.56. The van der Waals surface area contributed by atoms with E-state index in [2.05, 4.69) is 15.5 Å². The SMILES string of the molecule is Cc1ccc(NC(=O)c2n[nH]c(C(C)C)c2N)cc1. The van der Waals surface area contributed by atoms with Crippen LogP contribution in [0, 0.1) is 6.92 Å². The van der Waals surface area contributed by atoms with Crippen molar-refractivity contribution in [1.29, 1.82) is 0 Å². The monoisotopic (exact) mass is 258 g/mol. The second kappa shape index (κ2) is 5.14. The molecule has 5 heteroatoms. The van der Waals surface area contributed by atoms with Crippen LogP contribution in [-0.2, 0) is 0 Å². The molecule has 0 aliphatic carbocycles. The summed E-state index contributed by atoms with van der Waals surface area (Å²) < 4.78 is 0. The number of hydrogen-bond donors (Lipinski definition) is 3. The van der Waals surface area contributed by atoms with Gasteiger partial charge in [0.2, 0.25) is 0 Å². The molecule has 4 N–H and O–H groups in total. The summed E-state index contributed by atoms with van der Waals surface area (Å²) in [5.41, 5.74) is 9.24. The van der Waals surface area contributed by atoms with Gasteiger partial charge < -0.3 is 11.1 Å². The third kappa shape index (κ3) is 2.76. The van der Waals surface area contributed by atoms with Gasteiger partial charge in [0.15, 0.2) is 5.69 Å². The number of anilines is 2. The summed E-state index contributed by atoms with van der Waals surface area (Å²) in [7, 11) is 0. The van der Waals surface area contributed by atoms with Crippen LogP contribution in [0.25, 0.3) is 0 Å². The number of nitrogens with one attached hydrogen (secondary N) is 2. The molecule has 0 spiro atoms. The van der Waals surface area contributed by atoms with Crippen molar-refractivity contribution in [3.05, 3.63) is 41.2 Å². The van der Waals surface area contributed by atoms with Crippen molar-refractivity contribution in [1.82, 2.24) is 10.2 Å². The Labute approximate surface area is 112 Å². The normalized spacial score (nSPS) is 10.7. The molecule has 0 bridgehead atoms. The summed E-state index contributed by atoms with van der Waals surface area (Å²) in [4.78, 5) is 12.1. The molecule has 100 valence electrons. The third-order valence-electron chi connectivity index (χ3n) is 2.94. The Kier molecular flexibility index (Phi) is 3.55. The number of rotatable bonds is 3. The van der Waals surface area contributed by atoms with Crippen molar-refractivity contribution in [2.24, 2.45) is 0 Å². The van der Waals surface area contributed by atoms with Gasteiger partial charge in [-0.15, -0.1) is 0 Å². The molecule has 0 aliphatic rings. The highest BCUT2D eigenvalue weighted by atomic mass is 16.2. The number of aryl methyl sites for hydroxylation is 1. The fraction of sp³-hybridized carbons (Fsp3) is 0.286. The van der Waals surface area contributed by atoms with Crippen LogP contribution in [0.1, 0.15) is 41.5 Å². The van der Waals surface area contributed by atoms with Crippen molar-refractivity contribution in [2.45, 2.75) is 26.7 Å². The highest BCUT2D eigenvalue weighted by Gasteiger charge is 2.18. The second-order valence-corrected chi connectivity index (χ2v) is 4.87. The van der Waals surface area contributed by atoms with Crippen molar-refractivity contribution in [2.75, 3.05) is 11.1 Å². The zero-order valence-electron chi connectivity index (χ0n) is 11.3. The summed E-state index contributed by atoms with van der Waals surface area (Å²) in [6.45, 7) is 5.98. The Balaban J connectivity index is 2.18. The summed E-state index contributed by atoms with van der Waals surface area (Å²) in [5.74, 6) is -0.0991.